The third-order valence-corrected chi connectivity index (χ3v) is 2.37. The van der Waals surface area contributed by atoms with Gasteiger partial charge in [0.05, 0.1) is 25.2 Å². The van der Waals surface area contributed by atoms with Gasteiger partial charge in [-0.1, -0.05) is 0 Å². The number of carbonyl (C=O) groups excluding carboxylic acids is 2. The average molecular weight is 277 g/mol. The molecule has 0 unspecified atom stereocenters. The van der Waals surface area contributed by atoms with E-state index < -0.39 is 18.5 Å². The zero-order valence-corrected chi connectivity index (χ0v) is 11.0. The summed E-state index contributed by atoms with van der Waals surface area (Å²) in [6, 6.07) is 6.44. The summed E-state index contributed by atoms with van der Waals surface area (Å²) < 4.78 is 9.81. The zero-order chi connectivity index (χ0) is 15.0. The molecule has 0 radical (unpaired) electrons. The van der Waals surface area contributed by atoms with Gasteiger partial charge in [0, 0.05) is 12.2 Å². The molecule has 0 aliphatic rings. The van der Waals surface area contributed by atoms with Crippen molar-refractivity contribution in [1.82, 2.24) is 5.32 Å². The fraction of sp³-hybridized carbons (Fsp3) is 0.308. The Hall–Kier alpha value is -2.75. The lowest BCUT2D eigenvalue weighted by Crippen LogP contribution is -2.29. The van der Waals surface area contributed by atoms with Gasteiger partial charge >= 0.3 is 5.97 Å². The summed E-state index contributed by atoms with van der Waals surface area (Å²) in [5, 5.41) is 10.7. The fourth-order valence-electron chi connectivity index (χ4n) is 1.36. The first kappa shape index (κ1) is 15.3. The molecule has 0 atom stereocenters. The second-order valence-electron chi connectivity index (χ2n) is 3.79. The number of nitrogens with one attached hydrogen (secondary N) is 1. The number of anilines is 1. The van der Waals surface area contributed by atoms with Crippen LogP contribution in [-0.4, -0.2) is 32.1 Å². The molecule has 106 valence electrons. The van der Waals surface area contributed by atoms with Crippen molar-refractivity contribution in [3.8, 4) is 11.8 Å². The van der Waals surface area contributed by atoms with Gasteiger partial charge in [-0.2, -0.15) is 5.26 Å². The van der Waals surface area contributed by atoms with E-state index in [-0.39, 0.29) is 24.2 Å². The van der Waals surface area contributed by atoms with E-state index in [9.17, 15) is 9.59 Å². The van der Waals surface area contributed by atoms with Gasteiger partial charge in [0.25, 0.3) is 5.91 Å². The minimum absolute atomic E-state index is 0.133. The second-order valence-corrected chi connectivity index (χ2v) is 3.79. The topological polar surface area (TPSA) is 114 Å². The molecule has 1 amide bonds. The number of rotatable bonds is 6. The number of nitrogens with zero attached hydrogens (tertiary/aromatic N) is 1. The van der Waals surface area contributed by atoms with E-state index in [1.165, 1.54) is 19.2 Å². The van der Waals surface area contributed by atoms with Gasteiger partial charge in [0.15, 0.2) is 6.61 Å². The molecule has 7 nitrogen and oxygen atoms in total. The number of hydrogen-bond acceptors (Lipinski definition) is 6. The molecule has 0 saturated carbocycles. The molecule has 0 fully saturated rings. The van der Waals surface area contributed by atoms with Gasteiger partial charge < -0.3 is 20.5 Å². The molecular formula is C13H15N3O4. The number of methoxy groups -OCH3 is 1. The van der Waals surface area contributed by atoms with E-state index in [2.05, 4.69) is 5.32 Å². The molecule has 7 heteroatoms. The number of hydrogen-bond donors (Lipinski definition) is 2. The van der Waals surface area contributed by atoms with Gasteiger partial charge in [-0.3, -0.25) is 4.79 Å². The first-order chi connectivity index (χ1) is 9.58. The number of benzene rings is 1. The maximum absolute atomic E-state index is 11.8. The molecule has 0 aliphatic heterocycles. The molecule has 1 aromatic rings. The standard InChI is InChI=1S/C13H15N3O4/c1-19-9-3-4-11(15)10(7-9)13(18)20-8-12(17)16-6-2-5-14/h3-4,7H,2,6,8,15H2,1H3,(H,16,17). The quantitative estimate of drug-likeness (QED) is 0.443. The third kappa shape index (κ3) is 4.49. The summed E-state index contributed by atoms with van der Waals surface area (Å²) in [5.41, 5.74) is 6.03. The lowest BCUT2D eigenvalue weighted by atomic mass is 10.2. The highest BCUT2D eigenvalue weighted by Gasteiger charge is 2.14. The molecule has 1 aromatic carbocycles. The number of nitriles is 1. The number of nitrogens with two attached hydrogens (primary N) is 1. The molecule has 0 aromatic heterocycles. The normalized spacial score (nSPS) is 9.40. The smallest absolute Gasteiger partial charge is 0.340 e. The predicted octanol–water partition coefficient (Wildman–Crippen LogP) is 0.464. The van der Waals surface area contributed by atoms with Crippen LogP contribution in [0.15, 0.2) is 18.2 Å². The number of carbonyl (C=O) groups is 2. The fourth-order valence-corrected chi connectivity index (χ4v) is 1.36. The van der Waals surface area contributed by atoms with Crippen LogP contribution in [0.25, 0.3) is 0 Å². The first-order valence-corrected chi connectivity index (χ1v) is 5.82. The molecule has 0 heterocycles. The van der Waals surface area contributed by atoms with Gasteiger partial charge in [0.2, 0.25) is 0 Å². The van der Waals surface area contributed by atoms with E-state index >= 15 is 0 Å². The molecular weight excluding hydrogens is 262 g/mol. The maximum atomic E-state index is 11.8. The van der Waals surface area contributed by atoms with Crippen LogP contribution in [0.1, 0.15) is 16.8 Å². The molecule has 1 rings (SSSR count). The minimum atomic E-state index is -0.711. The van der Waals surface area contributed by atoms with Crippen LogP contribution >= 0.6 is 0 Å². The summed E-state index contributed by atoms with van der Waals surface area (Å²) in [7, 11) is 1.46. The van der Waals surface area contributed by atoms with Crippen LogP contribution < -0.4 is 15.8 Å². The van der Waals surface area contributed by atoms with Gasteiger partial charge in [-0.05, 0) is 18.2 Å². The molecule has 0 saturated heterocycles. The lowest BCUT2D eigenvalue weighted by molar-refractivity contribution is -0.124. The van der Waals surface area contributed by atoms with Crippen LogP contribution in [0.4, 0.5) is 5.69 Å². The van der Waals surface area contributed by atoms with Crippen LogP contribution in [0.3, 0.4) is 0 Å². The molecule has 0 bridgehead atoms. The SMILES string of the molecule is COc1ccc(N)c(C(=O)OCC(=O)NCCC#N)c1. The average Bonchev–Trinajstić information content (AvgIpc) is 2.45. The van der Waals surface area contributed by atoms with E-state index in [0.29, 0.717) is 5.75 Å². The summed E-state index contributed by atoms with van der Waals surface area (Å²) in [4.78, 5) is 23.1. The third-order valence-electron chi connectivity index (χ3n) is 2.37. The molecule has 20 heavy (non-hydrogen) atoms. The van der Waals surface area contributed by atoms with Crippen molar-refractivity contribution in [2.45, 2.75) is 6.42 Å². The predicted molar refractivity (Wildman–Crippen MR) is 70.9 cm³/mol. The number of amides is 1. The zero-order valence-electron chi connectivity index (χ0n) is 11.0. The van der Waals surface area contributed by atoms with E-state index in [1.54, 1.807) is 6.07 Å². The number of nitrogen functional groups attached to an aromatic ring is 1. The largest absolute Gasteiger partial charge is 0.497 e. The van der Waals surface area contributed by atoms with Crippen molar-refractivity contribution in [3.05, 3.63) is 23.8 Å². The summed E-state index contributed by atoms with van der Waals surface area (Å²) in [6.45, 7) is -0.213. The second kappa shape index (κ2) is 7.63. The molecule has 3 N–H and O–H groups in total. The minimum Gasteiger partial charge on any atom is -0.497 e. The highest BCUT2D eigenvalue weighted by atomic mass is 16.5. The Kier molecular flexibility index (Phi) is 5.84. The maximum Gasteiger partial charge on any atom is 0.340 e. The van der Waals surface area contributed by atoms with Crippen molar-refractivity contribution in [3.63, 3.8) is 0 Å². The Morgan fingerprint density at radius 3 is 2.85 bits per heavy atom. The van der Waals surface area contributed by atoms with Crippen molar-refractivity contribution >= 4 is 17.6 Å². The Morgan fingerprint density at radius 1 is 1.45 bits per heavy atom. The monoisotopic (exact) mass is 277 g/mol. The van der Waals surface area contributed by atoms with Crippen LogP contribution in [0.5, 0.6) is 5.75 Å². The van der Waals surface area contributed by atoms with E-state index in [1.807, 2.05) is 6.07 Å². The van der Waals surface area contributed by atoms with Crippen molar-refractivity contribution in [1.29, 1.82) is 5.26 Å². The summed E-state index contributed by atoms with van der Waals surface area (Å²) >= 11 is 0. The Balaban J connectivity index is 2.55. The Bertz CT molecular complexity index is 537. The highest BCUT2D eigenvalue weighted by Crippen LogP contribution is 2.20. The number of ether oxygens (including phenoxy) is 2. The van der Waals surface area contributed by atoms with E-state index in [0.717, 1.165) is 0 Å². The van der Waals surface area contributed by atoms with Crippen LogP contribution in [-0.2, 0) is 9.53 Å². The summed E-state index contributed by atoms with van der Waals surface area (Å²) in [6.07, 6.45) is 0.197. The Morgan fingerprint density at radius 2 is 2.20 bits per heavy atom. The summed E-state index contributed by atoms with van der Waals surface area (Å²) in [5.74, 6) is -0.725. The molecule has 0 aliphatic carbocycles. The molecule has 0 spiro atoms. The Labute approximate surface area is 116 Å². The lowest BCUT2D eigenvalue weighted by Gasteiger charge is -2.08. The van der Waals surface area contributed by atoms with Crippen molar-refractivity contribution in [2.75, 3.05) is 26.0 Å². The van der Waals surface area contributed by atoms with E-state index in [4.69, 9.17) is 20.5 Å². The van der Waals surface area contributed by atoms with Crippen molar-refractivity contribution in [2.24, 2.45) is 0 Å². The van der Waals surface area contributed by atoms with Gasteiger partial charge in [0.1, 0.15) is 5.75 Å². The van der Waals surface area contributed by atoms with Crippen LogP contribution in [0.2, 0.25) is 0 Å². The van der Waals surface area contributed by atoms with Gasteiger partial charge in [-0.15, -0.1) is 0 Å². The highest BCUT2D eigenvalue weighted by molar-refractivity contribution is 5.96. The van der Waals surface area contributed by atoms with Crippen molar-refractivity contribution < 1.29 is 19.1 Å². The first-order valence-electron chi connectivity index (χ1n) is 5.82. The number of esters is 1. The van der Waals surface area contributed by atoms with Crippen LogP contribution in [0, 0.1) is 11.3 Å². The van der Waals surface area contributed by atoms with Gasteiger partial charge in [-0.25, -0.2) is 4.79 Å².